The summed E-state index contributed by atoms with van der Waals surface area (Å²) in [6.45, 7) is 7.02. The molecule has 0 spiro atoms. The van der Waals surface area contributed by atoms with E-state index in [4.69, 9.17) is 9.47 Å². The molecule has 2 nitrogen and oxygen atoms in total. The first-order chi connectivity index (χ1) is 7.56. The zero-order valence-electron chi connectivity index (χ0n) is 9.30. The van der Waals surface area contributed by atoms with Crippen molar-refractivity contribution in [3.63, 3.8) is 0 Å². The highest BCUT2D eigenvalue weighted by Gasteiger charge is 2.16. The molecule has 0 amide bonds. The Bertz CT molecular complexity index is 376. The lowest BCUT2D eigenvalue weighted by molar-refractivity contribution is 0.225. The van der Waals surface area contributed by atoms with E-state index in [2.05, 4.69) is 6.58 Å². The summed E-state index contributed by atoms with van der Waals surface area (Å²) in [5.74, 6) is -2.33. The maximum Gasteiger partial charge on any atom is 0.204 e. The fourth-order valence-corrected chi connectivity index (χ4v) is 1.12. The Balaban J connectivity index is 2.93. The monoisotopic (exact) mass is 228 g/mol. The van der Waals surface area contributed by atoms with Crippen LogP contribution >= 0.6 is 0 Å². The van der Waals surface area contributed by atoms with Crippen LogP contribution in [0, 0.1) is 11.6 Å². The lowest BCUT2D eigenvalue weighted by Crippen LogP contribution is -2.08. The first-order valence-corrected chi connectivity index (χ1v) is 4.94. The van der Waals surface area contributed by atoms with E-state index < -0.39 is 11.6 Å². The molecule has 88 valence electrons. The van der Waals surface area contributed by atoms with Crippen LogP contribution in [0.25, 0.3) is 0 Å². The van der Waals surface area contributed by atoms with Gasteiger partial charge in [-0.3, -0.25) is 0 Å². The Labute approximate surface area is 93.5 Å². The second-order valence-corrected chi connectivity index (χ2v) is 3.46. The first-order valence-electron chi connectivity index (χ1n) is 4.94. The number of benzene rings is 1. The predicted molar refractivity (Wildman–Crippen MR) is 57.8 cm³/mol. The molecule has 0 aliphatic carbocycles. The molecule has 1 aromatic carbocycles. The second kappa shape index (κ2) is 5.49. The molecule has 4 heteroatoms. The van der Waals surface area contributed by atoms with Gasteiger partial charge < -0.3 is 9.47 Å². The number of halogens is 2. The molecule has 0 saturated heterocycles. The minimum atomic E-state index is -1.04. The maximum atomic E-state index is 13.4. The molecule has 0 N–H and O–H groups in total. The van der Waals surface area contributed by atoms with Crippen molar-refractivity contribution in [3.05, 3.63) is 36.4 Å². The van der Waals surface area contributed by atoms with E-state index in [1.54, 1.807) is 13.8 Å². The minimum absolute atomic E-state index is 0.113. The normalized spacial score (nSPS) is 10.3. The first kappa shape index (κ1) is 12.5. The summed E-state index contributed by atoms with van der Waals surface area (Å²) in [6.07, 6.45) is 1.24. The highest BCUT2D eigenvalue weighted by Crippen LogP contribution is 2.28. The molecule has 0 unspecified atom stereocenters. The molecular formula is C12H14F2O2. The number of hydrogen-bond acceptors (Lipinski definition) is 2. The Hall–Kier alpha value is -1.58. The second-order valence-electron chi connectivity index (χ2n) is 3.46. The van der Waals surface area contributed by atoms with E-state index >= 15 is 0 Å². The molecular weight excluding hydrogens is 214 g/mol. The third-order valence-corrected chi connectivity index (χ3v) is 1.73. The summed E-state index contributed by atoms with van der Waals surface area (Å²) in [6, 6.07) is 2.68. The summed E-state index contributed by atoms with van der Waals surface area (Å²) in [4.78, 5) is 0. The Morgan fingerprint density at radius 3 is 2.38 bits per heavy atom. The molecule has 0 bridgehead atoms. The van der Waals surface area contributed by atoms with Gasteiger partial charge in [-0.15, -0.1) is 0 Å². The van der Waals surface area contributed by atoms with Crippen molar-refractivity contribution < 1.29 is 18.3 Å². The van der Waals surface area contributed by atoms with Gasteiger partial charge in [0, 0.05) is 0 Å². The van der Waals surface area contributed by atoms with Crippen LogP contribution in [-0.4, -0.2) is 12.7 Å². The molecule has 0 aliphatic heterocycles. The average molecular weight is 228 g/mol. The highest BCUT2D eigenvalue weighted by atomic mass is 19.2. The van der Waals surface area contributed by atoms with Crippen LogP contribution in [0.2, 0.25) is 0 Å². The van der Waals surface area contributed by atoms with Crippen LogP contribution in [0.1, 0.15) is 13.8 Å². The van der Waals surface area contributed by atoms with Crippen LogP contribution in [0.3, 0.4) is 0 Å². The van der Waals surface area contributed by atoms with Gasteiger partial charge in [0.1, 0.15) is 6.61 Å². The highest BCUT2D eigenvalue weighted by molar-refractivity contribution is 5.35. The Morgan fingerprint density at radius 2 is 1.81 bits per heavy atom. The maximum absolute atomic E-state index is 13.4. The largest absolute Gasteiger partial charge is 0.488 e. The van der Waals surface area contributed by atoms with Gasteiger partial charge in [0.05, 0.1) is 6.10 Å². The van der Waals surface area contributed by atoms with Gasteiger partial charge in [0.2, 0.25) is 11.6 Å². The quantitative estimate of drug-likeness (QED) is 0.720. The number of hydrogen-bond donors (Lipinski definition) is 0. The van der Waals surface area contributed by atoms with Crippen LogP contribution in [0.4, 0.5) is 8.78 Å². The van der Waals surface area contributed by atoms with E-state index in [9.17, 15) is 8.78 Å². The van der Waals surface area contributed by atoms with Crippen LogP contribution in [0.15, 0.2) is 24.8 Å². The van der Waals surface area contributed by atoms with Crippen molar-refractivity contribution >= 4 is 0 Å². The number of ether oxygens (including phenoxy) is 2. The van der Waals surface area contributed by atoms with Crippen LogP contribution in [-0.2, 0) is 0 Å². The van der Waals surface area contributed by atoms with Gasteiger partial charge in [-0.25, -0.2) is 0 Å². The lowest BCUT2D eigenvalue weighted by Gasteiger charge is -2.12. The number of rotatable bonds is 5. The average Bonchev–Trinajstić information content (AvgIpc) is 2.23. The molecule has 0 saturated carbocycles. The third kappa shape index (κ3) is 2.95. The van der Waals surface area contributed by atoms with Crippen molar-refractivity contribution in [2.45, 2.75) is 20.0 Å². The minimum Gasteiger partial charge on any atom is -0.488 e. The lowest BCUT2D eigenvalue weighted by atomic mass is 10.3. The molecule has 0 aliphatic rings. The fourth-order valence-electron chi connectivity index (χ4n) is 1.12. The van der Waals surface area contributed by atoms with Gasteiger partial charge >= 0.3 is 0 Å². The van der Waals surface area contributed by atoms with E-state index in [0.29, 0.717) is 0 Å². The molecule has 0 fully saturated rings. The van der Waals surface area contributed by atoms with E-state index in [0.717, 1.165) is 0 Å². The van der Waals surface area contributed by atoms with E-state index in [-0.39, 0.29) is 24.2 Å². The van der Waals surface area contributed by atoms with Gasteiger partial charge in [0.15, 0.2) is 11.5 Å². The van der Waals surface area contributed by atoms with Crippen molar-refractivity contribution in [2.24, 2.45) is 0 Å². The molecule has 0 heterocycles. The standard InChI is InChI=1S/C12H14F2O2/c1-4-7-15-9-5-6-10(16-8(2)3)12(14)11(9)13/h4-6,8H,1,7H2,2-3H3. The van der Waals surface area contributed by atoms with E-state index in [1.165, 1.54) is 18.2 Å². The summed E-state index contributed by atoms with van der Waals surface area (Å²) in [5.41, 5.74) is 0. The van der Waals surface area contributed by atoms with E-state index in [1.807, 2.05) is 0 Å². The van der Waals surface area contributed by atoms with Crippen molar-refractivity contribution in [2.75, 3.05) is 6.61 Å². The molecule has 16 heavy (non-hydrogen) atoms. The van der Waals surface area contributed by atoms with Crippen LogP contribution < -0.4 is 9.47 Å². The van der Waals surface area contributed by atoms with Gasteiger partial charge in [-0.05, 0) is 26.0 Å². The van der Waals surface area contributed by atoms with Gasteiger partial charge in [0.25, 0.3) is 0 Å². The molecule has 0 aromatic heterocycles. The predicted octanol–water partition coefficient (Wildman–Crippen LogP) is 3.32. The summed E-state index contributed by atoms with van der Waals surface area (Å²) >= 11 is 0. The summed E-state index contributed by atoms with van der Waals surface area (Å²) in [7, 11) is 0. The van der Waals surface area contributed by atoms with Gasteiger partial charge in [-0.2, -0.15) is 8.78 Å². The summed E-state index contributed by atoms with van der Waals surface area (Å²) < 4.78 is 36.9. The summed E-state index contributed by atoms with van der Waals surface area (Å²) in [5, 5.41) is 0. The molecule has 0 atom stereocenters. The van der Waals surface area contributed by atoms with Crippen molar-refractivity contribution in [1.82, 2.24) is 0 Å². The van der Waals surface area contributed by atoms with Gasteiger partial charge in [-0.1, -0.05) is 12.7 Å². The molecule has 1 rings (SSSR count). The zero-order valence-corrected chi connectivity index (χ0v) is 9.30. The topological polar surface area (TPSA) is 18.5 Å². The smallest absolute Gasteiger partial charge is 0.204 e. The van der Waals surface area contributed by atoms with Crippen molar-refractivity contribution in [1.29, 1.82) is 0 Å². The zero-order chi connectivity index (χ0) is 12.1. The Kier molecular flexibility index (Phi) is 4.28. The molecule has 0 radical (unpaired) electrons. The molecule has 1 aromatic rings. The fraction of sp³-hybridized carbons (Fsp3) is 0.333. The van der Waals surface area contributed by atoms with Crippen LogP contribution in [0.5, 0.6) is 11.5 Å². The Morgan fingerprint density at radius 1 is 1.25 bits per heavy atom. The van der Waals surface area contributed by atoms with Crippen molar-refractivity contribution in [3.8, 4) is 11.5 Å². The SMILES string of the molecule is C=CCOc1ccc(OC(C)C)c(F)c1F. The third-order valence-electron chi connectivity index (χ3n) is 1.73.